The van der Waals surface area contributed by atoms with Crippen LogP contribution in [0.15, 0.2) is 33.5 Å². The summed E-state index contributed by atoms with van der Waals surface area (Å²) in [5.74, 6) is 1.45. The standard InChI is InChI=1S/C25H34N2O3/c1-17(2)8-11-26-12-9-22-19(16-26)5-4-10-27(22)24(28)14-20-15-25(29)30-23-13-18(3)6-7-21(20)23/h6-7,13,15,17,19,22H,4-5,8-12,14,16H2,1-3H3/t19-,22-/m1/s1. The molecule has 0 aliphatic carbocycles. The number of hydrogen-bond donors (Lipinski definition) is 0. The lowest BCUT2D eigenvalue weighted by Crippen LogP contribution is -2.56. The number of fused-ring (bicyclic) bond motifs is 2. The fourth-order valence-corrected chi connectivity index (χ4v) is 5.18. The number of hydrogen-bond acceptors (Lipinski definition) is 4. The maximum absolute atomic E-state index is 13.3. The highest BCUT2D eigenvalue weighted by molar-refractivity contribution is 5.87. The molecule has 30 heavy (non-hydrogen) atoms. The second-order valence-electron chi connectivity index (χ2n) is 9.60. The molecule has 2 atom stereocenters. The van der Waals surface area contributed by atoms with Crippen molar-refractivity contribution in [3.05, 3.63) is 45.8 Å². The topological polar surface area (TPSA) is 53.8 Å². The zero-order chi connectivity index (χ0) is 21.3. The fraction of sp³-hybridized carbons (Fsp3) is 0.600. The molecule has 162 valence electrons. The Balaban J connectivity index is 1.48. The maximum Gasteiger partial charge on any atom is 0.336 e. The summed E-state index contributed by atoms with van der Waals surface area (Å²) in [6, 6.07) is 7.66. The molecule has 0 unspecified atom stereocenters. The highest BCUT2D eigenvalue weighted by Crippen LogP contribution is 2.31. The van der Waals surface area contributed by atoms with Crippen molar-refractivity contribution in [2.75, 3.05) is 26.2 Å². The smallest absolute Gasteiger partial charge is 0.336 e. The van der Waals surface area contributed by atoms with E-state index in [1.807, 2.05) is 25.1 Å². The first-order chi connectivity index (χ1) is 14.4. The van der Waals surface area contributed by atoms with Gasteiger partial charge in [-0.3, -0.25) is 4.79 Å². The Morgan fingerprint density at radius 1 is 1.20 bits per heavy atom. The number of piperidine rings is 2. The van der Waals surface area contributed by atoms with Crippen molar-refractivity contribution >= 4 is 16.9 Å². The molecule has 2 aliphatic heterocycles. The van der Waals surface area contributed by atoms with Gasteiger partial charge < -0.3 is 14.2 Å². The third kappa shape index (κ3) is 4.61. The van der Waals surface area contributed by atoms with E-state index in [0.717, 1.165) is 54.9 Å². The van der Waals surface area contributed by atoms with E-state index >= 15 is 0 Å². The fourth-order valence-electron chi connectivity index (χ4n) is 5.18. The second kappa shape index (κ2) is 8.93. The molecule has 5 nitrogen and oxygen atoms in total. The normalized spacial score (nSPS) is 22.5. The molecule has 1 aromatic carbocycles. The molecule has 1 aromatic heterocycles. The zero-order valence-electron chi connectivity index (χ0n) is 18.5. The van der Waals surface area contributed by atoms with Gasteiger partial charge in [-0.15, -0.1) is 0 Å². The minimum absolute atomic E-state index is 0.146. The van der Waals surface area contributed by atoms with Gasteiger partial charge in [0.1, 0.15) is 5.58 Å². The minimum atomic E-state index is -0.383. The Morgan fingerprint density at radius 2 is 2.03 bits per heavy atom. The lowest BCUT2D eigenvalue weighted by Gasteiger charge is -2.47. The molecule has 0 spiro atoms. The van der Waals surface area contributed by atoms with E-state index < -0.39 is 0 Å². The Hall–Kier alpha value is -2.14. The predicted molar refractivity (Wildman–Crippen MR) is 120 cm³/mol. The molecular formula is C25H34N2O3. The summed E-state index contributed by atoms with van der Waals surface area (Å²) < 4.78 is 5.36. The van der Waals surface area contributed by atoms with Crippen LogP contribution in [0.2, 0.25) is 0 Å². The first-order valence-corrected chi connectivity index (χ1v) is 11.5. The van der Waals surface area contributed by atoms with Crippen LogP contribution in [-0.2, 0) is 11.2 Å². The number of carbonyl (C=O) groups excluding carboxylic acids is 1. The SMILES string of the molecule is Cc1ccc2c(CC(=O)N3CCC[C@@H]4CN(CCC(C)C)CC[C@H]43)cc(=O)oc2c1. The molecule has 0 bridgehead atoms. The Kier molecular flexibility index (Phi) is 6.28. The summed E-state index contributed by atoms with van der Waals surface area (Å²) >= 11 is 0. The largest absolute Gasteiger partial charge is 0.423 e. The molecule has 0 saturated carbocycles. The Labute approximate surface area is 179 Å². The van der Waals surface area contributed by atoms with Gasteiger partial charge in [0.2, 0.25) is 5.91 Å². The van der Waals surface area contributed by atoms with E-state index in [0.29, 0.717) is 17.5 Å². The van der Waals surface area contributed by atoms with Crippen molar-refractivity contribution in [3.8, 4) is 0 Å². The number of benzene rings is 1. The van der Waals surface area contributed by atoms with Crippen molar-refractivity contribution in [1.29, 1.82) is 0 Å². The van der Waals surface area contributed by atoms with Crippen molar-refractivity contribution in [1.82, 2.24) is 9.80 Å². The molecule has 1 amide bonds. The van der Waals surface area contributed by atoms with Crippen LogP contribution in [0.25, 0.3) is 11.0 Å². The molecule has 3 heterocycles. The van der Waals surface area contributed by atoms with E-state index in [2.05, 4.69) is 23.6 Å². The van der Waals surface area contributed by atoms with Crippen molar-refractivity contribution in [2.45, 2.75) is 58.9 Å². The van der Waals surface area contributed by atoms with Gasteiger partial charge in [0.15, 0.2) is 0 Å². The number of likely N-dealkylation sites (tertiary alicyclic amines) is 2. The van der Waals surface area contributed by atoms with E-state index in [4.69, 9.17) is 4.42 Å². The number of carbonyl (C=O) groups is 1. The zero-order valence-corrected chi connectivity index (χ0v) is 18.5. The monoisotopic (exact) mass is 410 g/mol. The molecule has 0 N–H and O–H groups in total. The average Bonchev–Trinajstić information content (AvgIpc) is 2.71. The van der Waals surface area contributed by atoms with E-state index in [1.165, 1.54) is 25.5 Å². The van der Waals surface area contributed by atoms with Crippen LogP contribution in [0, 0.1) is 18.8 Å². The van der Waals surface area contributed by atoms with E-state index in [1.54, 1.807) is 0 Å². The van der Waals surface area contributed by atoms with Crippen LogP contribution < -0.4 is 5.63 Å². The van der Waals surface area contributed by atoms with Gasteiger partial charge in [-0.2, -0.15) is 0 Å². The lowest BCUT2D eigenvalue weighted by molar-refractivity contribution is -0.137. The number of aryl methyl sites for hydroxylation is 1. The Morgan fingerprint density at radius 3 is 2.83 bits per heavy atom. The van der Waals surface area contributed by atoms with E-state index in [-0.39, 0.29) is 18.0 Å². The first-order valence-electron chi connectivity index (χ1n) is 11.5. The van der Waals surface area contributed by atoms with E-state index in [9.17, 15) is 9.59 Å². The van der Waals surface area contributed by atoms with Gasteiger partial charge in [0.05, 0.1) is 6.42 Å². The molecular weight excluding hydrogens is 376 g/mol. The quantitative estimate of drug-likeness (QED) is 0.699. The summed E-state index contributed by atoms with van der Waals surface area (Å²) in [5.41, 5.74) is 2.01. The number of amides is 1. The maximum atomic E-state index is 13.3. The molecule has 0 radical (unpaired) electrons. The van der Waals surface area contributed by atoms with Crippen LogP contribution in [0.3, 0.4) is 0 Å². The van der Waals surface area contributed by atoms with Crippen molar-refractivity contribution in [3.63, 3.8) is 0 Å². The molecule has 2 fully saturated rings. The van der Waals surface area contributed by atoms with Crippen LogP contribution in [0.1, 0.15) is 50.7 Å². The van der Waals surface area contributed by atoms with Gasteiger partial charge >= 0.3 is 5.63 Å². The lowest BCUT2D eigenvalue weighted by atomic mass is 9.83. The summed E-state index contributed by atoms with van der Waals surface area (Å²) in [6.45, 7) is 10.7. The van der Waals surface area contributed by atoms with Gasteiger partial charge in [-0.05, 0) is 68.2 Å². The number of nitrogens with zero attached hydrogens (tertiary/aromatic N) is 2. The molecule has 4 rings (SSSR count). The van der Waals surface area contributed by atoms with Gasteiger partial charge in [0.25, 0.3) is 0 Å². The summed E-state index contributed by atoms with van der Waals surface area (Å²) in [7, 11) is 0. The highest BCUT2D eigenvalue weighted by Gasteiger charge is 2.37. The summed E-state index contributed by atoms with van der Waals surface area (Å²) in [5, 5.41) is 0.866. The molecule has 5 heteroatoms. The first kappa shape index (κ1) is 21.1. The third-order valence-electron chi connectivity index (χ3n) is 6.82. The van der Waals surface area contributed by atoms with Gasteiger partial charge in [0, 0.05) is 37.1 Å². The number of rotatable bonds is 5. The molecule has 2 aromatic rings. The molecule has 2 saturated heterocycles. The minimum Gasteiger partial charge on any atom is -0.423 e. The van der Waals surface area contributed by atoms with Gasteiger partial charge in [-0.25, -0.2) is 4.79 Å². The van der Waals surface area contributed by atoms with Gasteiger partial charge in [-0.1, -0.05) is 26.0 Å². The highest BCUT2D eigenvalue weighted by atomic mass is 16.4. The van der Waals surface area contributed by atoms with Crippen LogP contribution in [0.5, 0.6) is 0 Å². The average molecular weight is 411 g/mol. The summed E-state index contributed by atoms with van der Waals surface area (Å²) in [4.78, 5) is 30.1. The molecule has 2 aliphatic rings. The summed E-state index contributed by atoms with van der Waals surface area (Å²) in [6.07, 6.45) is 4.85. The van der Waals surface area contributed by atoms with Crippen LogP contribution in [-0.4, -0.2) is 47.9 Å². The second-order valence-corrected chi connectivity index (χ2v) is 9.60. The third-order valence-corrected chi connectivity index (χ3v) is 6.82. The van der Waals surface area contributed by atoms with Crippen LogP contribution in [0.4, 0.5) is 0 Å². The predicted octanol–water partition coefficient (Wildman–Crippen LogP) is 4.00. The van der Waals surface area contributed by atoms with Crippen molar-refractivity contribution < 1.29 is 9.21 Å². The van der Waals surface area contributed by atoms with Crippen molar-refractivity contribution in [2.24, 2.45) is 11.8 Å². The van der Waals surface area contributed by atoms with Crippen LogP contribution >= 0.6 is 0 Å². The Bertz CT molecular complexity index is 965.